The minimum Gasteiger partial charge on any atom is -0.457 e. The van der Waals surface area contributed by atoms with Crippen LogP contribution in [-0.4, -0.2) is 34.6 Å². The van der Waals surface area contributed by atoms with Crippen molar-refractivity contribution in [2.24, 2.45) is 0 Å². The summed E-state index contributed by atoms with van der Waals surface area (Å²) in [6.45, 7) is 1.08. The third-order valence-corrected chi connectivity index (χ3v) is 6.13. The van der Waals surface area contributed by atoms with Gasteiger partial charge in [0.1, 0.15) is 5.01 Å². The Bertz CT molecular complexity index is 994. The predicted octanol–water partition coefficient (Wildman–Crippen LogP) is 4.23. The Morgan fingerprint density at radius 1 is 1.14 bits per heavy atom. The van der Waals surface area contributed by atoms with Gasteiger partial charge in [0.2, 0.25) is 11.4 Å². The molecule has 3 aromatic rings. The third-order valence-electron chi connectivity index (χ3n) is 3.90. The maximum Gasteiger partial charge on any atom is 0.424 e. The number of para-hydroxylation sites is 1. The van der Waals surface area contributed by atoms with E-state index in [1.165, 1.54) is 17.4 Å². The van der Waals surface area contributed by atoms with Crippen LogP contribution in [0.3, 0.4) is 0 Å². The van der Waals surface area contributed by atoms with Gasteiger partial charge in [-0.1, -0.05) is 12.1 Å². The van der Waals surface area contributed by atoms with Crippen molar-refractivity contribution >= 4 is 44.6 Å². The largest absolute Gasteiger partial charge is 0.457 e. The number of benzene rings is 1. The van der Waals surface area contributed by atoms with Gasteiger partial charge < -0.3 is 9.84 Å². The zero-order valence-electron chi connectivity index (χ0n) is 14.4. The van der Waals surface area contributed by atoms with Crippen LogP contribution < -0.4 is 0 Å². The lowest BCUT2D eigenvalue weighted by molar-refractivity contribution is -0.269. The Hall–Kier alpha value is -2.30. The summed E-state index contributed by atoms with van der Waals surface area (Å²) in [6.07, 6.45) is -6.55. The molecule has 1 atom stereocenters. The second-order valence-corrected chi connectivity index (χ2v) is 8.33. The van der Waals surface area contributed by atoms with E-state index in [1.807, 2.05) is 0 Å². The number of aliphatic hydroxyl groups is 1. The summed E-state index contributed by atoms with van der Waals surface area (Å²) in [5.41, 5.74) is -3.22. The number of aryl methyl sites for hydroxylation is 1. The molecule has 2 aromatic heterocycles. The van der Waals surface area contributed by atoms with E-state index < -0.39 is 41.6 Å². The van der Waals surface area contributed by atoms with Crippen LogP contribution in [0.2, 0.25) is 0 Å². The average Bonchev–Trinajstić information content (AvgIpc) is 3.25. The Morgan fingerprint density at radius 3 is 2.46 bits per heavy atom. The van der Waals surface area contributed by atoms with Crippen molar-refractivity contribution in [3.63, 3.8) is 0 Å². The number of hydrogen-bond acceptors (Lipinski definition) is 7. The number of carbonyl (C=O) groups excluding carboxylic acids is 2. The summed E-state index contributed by atoms with van der Waals surface area (Å²) in [6, 6.07) is 9.55. The normalized spacial score (nSPS) is 14.0. The molecule has 28 heavy (non-hydrogen) atoms. The van der Waals surface area contributed by atoms with E-state index in [2.05, 4.69) is 9.72 Å². The van der Waals surface area contributed by atoms with Crippen LogP contribution in [0.15, 0.2) is 36.4 Å². The van der Waals surface area contributed by atoms with Gasteiger partial charge in [-0.15, -0.1) is 22.7 Å². The minimum atomic E-state index is -5.16. The summed E-state index contributed by atoms with van der Waals surface area (Å²) >= 11 is 1.83. The summed E-state index contributed by atoms with van der Waals surface area (Å²) in [4.78, 5) is 29.0. The molecule has 148 valence electrons. The van der Waals surface area contributed by atoms with Gasteiger partial charge in [-0.25, -0.2) is 4.98 Å². The highest BCUT2D eigenvalue weighted by Crippen LogP contribution is 2.44. The molecule has 0 saturated carbocycles. The number of fused-ring (bicyclic) bond motifs is 1. The summed E-state index contributed by atoms with van der Waals surface area (Å²) in [5.74, 6) is -1.87. The van der Waals surface area contributed by atoms with Gasteiger partial charge in [0.25, 0.3) is 0 Å². The number of carbonyl (C=O) groups is 2. The molecule has 0 aliphatic carbocycles. The Morgan fingerprint density at radius 2 is 1.86 bits per heavy atom. The molecule has 0 fully saturated rings. The Kier molecular flexibility index (Phi) is 5.55. The van der Waals surface area contributed by atoms with Gasteiger partial charge in [-0.3, -0.25) is 9.59 Å². The minimum absolute atomic E-state index is 0.279. The van der Waals surface area contributed by atoms with E-state index in [4.69, 9.17) is 0 Å². The van der Waals surface area contributed by atoms with E-state index >= 15 is 0 Å². The maximum absolute atomic E-state index is 13.6. The van der Waals surface area contributed by atoms with Gasteiger partial charge in [0.15, 0.2) is 6.61 Å². The van der Waals surface area contributed by atoms with Crippen molar-refractivity contribution in [3.8, 4) is 0 Å². The Labute approximate surface area is 165 Å². The number of nitrogens with zero attached hydrogens (tertiary/aromatic N) is 1. The number of aromatic nitrogens is 1. The standard InChI is InChI=1S/C18H14F3NO4S2/c1-10-6-7-14(27-10)12(23)9-26-15(24)8-17(25,18(19,20)21)16-22-11-4-2-3-5-13(11)28-16/h2-7,25H,8-9H2,1H3/t17-/m1/s1. The van der Waals surface area contributed by atoms with Crippen molar-refractivity contribution in [1.82, 2.24) is 4.98 Å². The zero-order valence-corrected chi connectivity index (χ0v) is 16.1. The highest BCUT2D eigenvalue weighted by molar-refractivity contribution is 7.18. The molecule has 0 radical (unpaired) electrons. The van der Waals surface area contributed by atoms with E-state index in [9.17, 15) is 27.9 Å². The van der Waals surface area contributed by atoms with Gasteiger partial charge in [-0.2, -0.15) is 13.2 Å². The SMILES string of the molecule is Cc1ccc(C(=O)COC(=O)C[C@@](O)(c2nc3ccccc3s2)C(F)(F)F)s1. The first-order valence-electron chi connectivity index (χ1n) is 8.00. The topological polar surface area (TPSA) is 76.5 Å². The molecule has 5 nitrogen and oxygen atoms in total. The van der Waals surface area contributed by atoms with Crippen LogP contribution in [-0.2, 0) is 15.1 Å². The molecule has 0 bridgehead atoms. The van der Waals surface area contributed by atoms with E-state index in [0.29, 0.717) is 20.9 Å². The van der Waals surface area contributed by atoms with Crippen molar-refractivity contribution < 1.29 is 32.6 Å². The molecular weight excluding hydrogens is 415 g/mol. The lowest BCUT2D eigenvalue weighted by atomic mass is 10.00. The van der Waals surface area contributed by atoms with E-state index in [-0.39, 0.29) is 5.52 Å². The van der Waals surface area contributed by atoms with Crippen LogP contribution in [0, 0.1) is 6.92 Å². The number of alkyl halides is 3. The van der Waals surface area contributed by atoms with Gasteiger partial charge in [-0.05, 0) is 31.2 Å². The zero-order chi connectivity index (χ0) is 20.5. The third kappa shape index (κ3) is 4.08. The predicted molar refractivity (Wildman–Crippen MR) is 98.5 cm³/mol. The molecule has 0 aliphatic rings. The van der Waals surface area contributed by atoms with E-state index in [1.54, 1.807) is 37.3 Å². The number of esters is 1. The molecule has 0 aliphatic heterocycles. The number of ketones is 1. The molecule has 1 N–H and O–H groups in total. The number of thiazole rings is 1. The van der Waals surface area contributed by atoms with Crippen LogP contribution in [0.4, 0.5) is 13.2 Å². The molecule has 10 heteroatoms. The lowest BCUT2D eigenvalue weighted by Crippen LogP contribution is -2.44. The van der Waals surface area contributed by atoms with Crippen LogP contribution in [0.25, 0.3) is 10.2 Å². The van der Waals surface area contributed by atoms with Crippen LogP contribution >= 0.6 is 22.7 Å². The number of rotatable bonds is 6. The number of hydrogen-bond donors (Lipinski definition) is 1. The fourth-order valence-electron chi connectivity index (χ4n) is 2.41. The second-order valence-electron chi connectivity index (χ2n) is 6.02. The van der Waals surface area contributed by atoms with Crippen LogP contribution in [0.5, 0.6) is 0 Å². The molecule has 0 unspecified atom stereocenters. The number of Topliss-reactive ketones (excluding diaryl/α,β-unsaturated/α-hetero) is 1. The van der Waals surface area contributed by atoms with Gasteiger partial charge >= 0.3 is 12.1 Å². The van der Waals surface area contributed by atoms with Crippen molar-refractivity contribution in [3.05, 3.63) is 51.2 Å². The monoisotopic (exact) mass is 429 g/mol. The molecule has 0 amide bonds. The first-order chi connectivity index (χ1) is 13.1. The van der Waals surface area contributed by atoms with Gasteiger partial charge in [0.05, 0.1) is 21.5 Å². The molecule has 0 spiro atoms. The quantitative estimate of drug-likeness (QED) is 0.469. The van der Waals surface area contributed by atoms with Crippen molar-refractivity contribution in [2.45, 2.75) is 25.1 Å². The first-order valence-corrected chi connectivity index (χ1v) is 9.64. The van der Waals surface area contributed by atoms with Gasteiger partial charge in [0, 0.05) is 4.88 Å². The summed E-state index contributed by atoms with van der Waals surface area (Å²) in [7, 11) is 0. The Balaban J connectivity index is 1.76. The smallest absolute Gasteiger partial charge is 0.424 e. The van der Waals surface area contributed by atoms with Crippen molar-refractivity contribution in [2.75, 3.05) is 6.61 Å². The summed E-state index contributed by atoms with van der Waals surface area (Å²) < 4.78 is 45.9. The molecular formula is C18H14F3NO4S2. The average molecular weight is 429 g/mol. The highest BCUT2D eigenvalue weighted by atomic mass is 32.1. The fourth-order valence-corrected chi connectivity index (χ4v) is 4.27. The van der Waals surface area contributed by atoms with E-state index in [0.717, 1.165) is 4.88 Å². The molecule has 2 heterocycles. The molecule has 3 rings (SSSR count). The first kappa shape index (κ1) is 20.4. The highest BCUT2D eigenvalue weighted by Gasteiger charge is 2.58. The maximum atomic E-state index is 13.6. The number of halogens is 3. The number of thiophene rings is 1. The fraction of sp³-hybridized carbons (Fsp3) is 0.278. The molecule has 0 saturated heterocycles. The van der Waals surface area contributed by atoms with Crippen molar-refractivity contribution in [1.29, 1.82) is 0 Å². The van der Waals surface area contributed by atoms with Crippen LogP contribution in [0.1, 0.15) is 26.0 Å². The lowest BCUT2D eigenvalue weighted by Gasteiger charge is -2.27. The molecule has 1 aromatic carbocycles. The summed E-state index contributed by atoms with van der Waals surface area (Å²) in [5, 5.41) is 9.66. The second kappa shape index (κ2) is 7.61. The number of ether oxygens (including phenoxy) is 1.